The van der Waals surface area contributed by atoms with Crippen molar-refractivity contribution in [1.82, 2.24) is 14.9 Å². The second-order valence-electron chi connectivity index (χ2n) is 7.29. The van der Waals surface area contributed by atoms with Crippen LogP contribution in [0.15, 0.2) is 35.8 Å². The number of thiazole rings is 1. The highest BCUT2D eigenvalue weighted by Crippen LogP contribution is 2.25. The molecule has 1 fully saturated rings. The zero-order chi connectivity index (χ0) is 17.9. The number of nitrogens with zero attached hydrogens (tertiary/aromatic N) is 3. The van der Waals surface area contributed by atoms with Gasteiger partial charge in [0.05, 0.1) is 16.2 Å². The number of anilines is 1. The van der Waals surface area contributed by atoms with Gasteiger partial charge in [-0.1, -0.05) is 18.2 Å². The summed E-state index contributed by atoms with van der Waals surface area (Å²) in [6.07, 6.45) is 4.41. The number of aromatic nitrogens is 2. The van der Waals surface area contributed by atoms with Gasteiger partial charge in [-0.05, 0) is 57.3 Å². The lowest BCUT2D eigenvalue weighted by Crippen LogP contribution is -2.35. The predicted molar refractivity (Wildman–Crippen MR) is 110 cm³/mol. The van der Waals surface area contributed by atoms with E-state index in [2.05, 4.69) is 63.7 Å². The normalized spacial score (nSPS) is 16.2. The van der Waals surface area contributed by atoms with Crippen LogP contribution < -0.4 is 5.32 Å². The summed E-state index contributed by atoms with van der Waals surface area (Å²) in [5.41, 5.74) is 4.77. The minimum Gasteiger partial charge on any atom is -0.384 e. The largest absolute Gasteiger partial charge is 0.384 e. The van der Waals surface area contributed by atoms with Gasteiger partial charge in [0.15, 0.2) is 0 Å². The van der Waals surface area contributed by atoms with Gasteiger partial charge in [-0.3, -0.25) is 9.88 Å². The molecule has 4 nitrogen and oxygen atoms in total. The quantitative estimate of drug-likeness (QED) is 0.715. The van der Waals surface area contributed by atoms with Crippen LogP contribution in [-0.2, 0) is 6.54 Å². The summed E-state index contributed by atoms with van der Waals surface area (Å²) in [5, 5.41) is 8.27. The molecule has 0 amide bonds. The van der Waals surface area contributed by atoms with Crippen molar-refractivity contribution < 1.29 is 0 Å². The summed E-state index contributed by atoms with van der Waals surface area (Å²) in [4.78, 5) is 11.7. The minimum absolute atomic E-state index is 0.733. The van der Waals surface area contributed by atoms with Gasteiger partial charge in [0.2, 0.25) is 0 Å². The van der Waals surface area contributed by atoms with E-state index in [1.807, 2.05) is 6.20 Å². The summed E-state index contributed by atoms with van der Waals surface area (Å²) in [6.45, 7) is 8.57. The number of likely N-dealkylation sites (tertiary alicyclic amines) is 1. The Balaban J connectivity index is 1.32. The Hall–Kier alpha value is -1.98. The van der Waals surface area contributed by atoms with Crippen LogP contribution in [0.1, 0.15) is 29.1 Å². The standard InChI is InChI=1S/C21H26N4S/c1-15-4-3-5-19-20(6-9-22-21(15)19)23-12-17-7-10-25(11-8-17)13-18-14-26-16(2)24-18/h3-6,9,14,17H,7-8,10-13H2,1-2H3,(H,22,23). The molecule has 3 heterocycles. The van der Waals surface area contributed by atoms with E-state index in [-0.39, 0.29) is 0 Å². The molecular weight excluding hydrogens is 340 g/mol. The highest BCUT2D eigenvalue weighted by atomic mass is 32.1. The van der Waals surface area contributed by atoms with E-state index in [1.54, 1.807) is 11.3 Å². The van der Waals surface area contributed by atoms with Crippen LogP contribution in [0.4, 0.5) is 5.69 Å². The molecule has 0 unspecified atom stereocenters. The lowest BCUT2D eigenvalue weighted by atomic mass is 9.96. The molecule has 0 saturated carbocycles. The third kappa shape index (κ3) is 3.89. The van der Waals surface area contributed by atoms with Gasteiger partial charge in [0, 0.05) is 35.7 Å². The molecule has 1 saturated heterocycles. The van der Waals surface area contributed by atoms with Crippen LogP contribution in [0.25, 0.3) is 10.9 Å². The lowest BCUT2D eigenvalue weighted by Gasteiger charge is -2.31. The molecule has 2 aromatic heterocycles. The number of nitrogens with one attached hydrogen (secondary N) is 1. The van der Waals surface area contributed by atoms with E-state index in [4.69, 9.17) is 0 Å². The van der Waals surface area contributed by atoms with Crippen LogP contribution >= 0.6 is 11.3 Å². The number of piperidine rings is 1. The lowest BCUT2D eigenvalue weighted by molar-refractivity contribution is 0.181. The Labute approximate surface area is 159 Å². The summed E-state index contributed by atoms with van der Waals surface area (Å²) < 4.78 is 0. The van der Waals surface area contributed by atoms with E-state index in [0.717, 1.165) is 24.5 Å². The van der Waals surface area contributed by atoms with Crippen molar-refractivity contribution in [2.45, 2.75) is 33.2 Å². The summed E-state index contributed by atoms with van der Waals surface area (Å²) in [7, 11) is 0. The maximum atomic E-state index is 4.59. The zero-order valence-corrected chi connectivity index (χ0v) is 16.4. The van der Waals surface area contributed by atoms with Crippen LogP contribution in [0.5, 0.6) is 0 Å². The van der Waals surface area contributed by atoms with Crippen LogP contribution in [-0.4, -0.2) is 34.5 Å². The number of aryl methyl sites for hydroxylation is 2. The number of para-hydroxylation sites is 1. The fraction of sp³-hybridized carbons (Fsp3) is 0.429. The molecule has 1 aliphatic rings. The number of hydrogen-bond donors (Lipinski definition) is 1. The monoisotopic (exact) mass is 366 g/mol. The molecule has 4 rings (SSSR count). The SMILES string of the molecule is Cc1nc(CN2CCC(CNc3ccnc4c(C)cccc34)CC2)cs1. The Morgan fingerprint density at radius 1 is 1.19 bits per heavy atom. The molecule has 0 aliphatic carbocycles. The summed E-state index contributed by atoms with van der Waals surface area (Å²) >= 11 is 1.75. The Kier molecular flexibility index (Phi) is 5.18. The highest BCUT2D eigenvalue weighted by Gasteiger charge is 2.20. The van der Waals surface area contributed by atoms with Crippen LogP contribution in [0, 0.1) is 19.8 Å². The molecular formula is C21H26N4S. The predicted octanol–water partition coefficient (Wildman–Crippen LogP) is 4.63. The molecule has 0 spiro atoms. The van der Waals surface area contributed by atoms with Crippen molar-refractivity contribution >= 4 is 27.9 Å². The number of hydrogen-bond acceptors (Lipinski definition) is 5. The average molecular weight is 367 g/mol. The number of pyridine rings is 1. The van der Waals surface area contributed by atoms with Gasteiger partial charge in [0.1, 0.15) is 0 Å². The second kappa shape index (κ2) is 7.72. The molecule has 0 radical (unpaired) electrons. The first kappa shape index (κ1) is 17.4. The van der Waals surface area contributed by atoms with Gasteiger partial charge in [0.25, 0.3) is 0 Å². The number of fused-ring (bicyclic) bond motifs is 1. The van der Waals surface area contributed by atoms with E-state index in [1.165, 1.54) is 53.3 Å². The van der Waals surface area contributed by atoms with Gasteiger partial charge in [-0.25, -0.2) is 4.98 Å². The maximum absolute atomic E-state index is 4.59. The van der Waals surface area contributed by atoms with Gasteiger partial charge in [-0.15, -0.1) is 11.3 Å². The fourth-order valence-corrected chi connectivity index (χ4v) is 4.39. The third-order valence-electron chi connectivity index (χ3n) is 5.31. The second-order valence-corrected chi connectivity index (χ2v) is 8.35. The number of rotatable bonds is 5. The van der Waals surface area contributed by atoms with Gasteiger partial charge < -0.3 is 5.32 Å². The molecule has 1 N–H and O–H groups in total. The smallest absolute Gasteiger partial charge is 0.0897 e. The van der Waals surface area contributed by atoms with Crippen LogP contribution in [0.2, 0.25) is 0 Å². The maximum Gasteiger partial charge on any atom is 0.0897 e. The molecule has 26 heavy (non-hydrogen) atoms. The molecule has 1 aliphatic heterocycles. The topological polar surface area (TPSA) is 41.1 Å². The Morgan fingerprint density at radius 2 is 2.04 bits per heavy atom. The van der Waals surface area contributed by atoms with Crippen molar-refractivity contribution in [1.29, 1.82) is 0 Å². The number of benzene rings is 1. The highest BCUT2D eigenvalue weighted by molar-refractivity contribution is 7.09. The van der Waals surface area contributed by atoms with Crippen molar-refractivity contribution in [3.63, 3.8) is 0 Å². The van der Waals surface area contributed by atoms with Crippen molar-refractivity contribution in [3.8, 4) is 0 Å². The first-order chi connectivity index (χ1) is 12.7. The zero-order valence-electron chi connectivity index (χ0n) is 15.5. The molecule has 5 heteroatoms. The molecule has 0 bridgehead atoms. The fourth-order valence-electron chi connectivity index (χ4n) is 3.79. The van der Waals surface area contributed by atoms with Crippen LogP contribution in [0.3, 0.4) is 0 Å². The minimum atomic E-state index is 0.733. The van der Waals surface area contributed by atoms with Gasteiger partial charge >= 0.3 is 0 Å². The third-order valence-corrected chi connectivity index (χ3v) is 6.14. The Morgan fingerprint density at radius 3 is 2.81 bits per heavy atom. The van der Waals surface area contributed by atoms with E-state index in [9.17, 15) is 0 Å². The van der Waals surface area contributed by atoms with E-state index >= 15 is 0 Å². The van der Waals surface area contributed by atoms with Crippen molar-refractivity contribution in [2.24, 2.45) is 5.92 Å². The molecule has 0 atom stereocenters. The van der Waals surface area contributed by atoms with Crippen molar-refractivity contribution in [2.75, 3.05) is 25.0 Å². The first-order valence-electron chi connectivity index (χ1n) is 9.40. The molecule has 3 aromatic rings. The summed E-state index contributed by atoms with van der Waals surface area (Å²) in [5.74, 6) is 0.733. The molecule has 136 valence electrons. The first-order valence-corrected chi connectivity index (χ1v) is 10.3. The Bertz CT molecular complexity index is 881. The van der Waals surface area contributed by atoms with Crippen molar-refractivity contribution in [3.05, 3.63) is 52.1 Å². The average Bonchev–Trinajstić information content (AvgIpc) is 3.06. The molecule has 1 aromatic carbocycles. The van der Waals surface area contributed by atoms with E-state index in [0.29, 0.717) is 0 Å². The summed E-state index contributed by atoms with van der Waals surface area (Å²) in [6, 6.07) is 8.50. The van der Waals surface area contributed by atoms with Gasteiger partial charge in [-0.2, -0.15) is 0 Å². The van der Waals surface area contributed by atoms with E-state index < -0.39 is 0 Å².